The quantitative estimate of drug-likeness (QED) is 0.644. The molecule has 6 nitrogen and oxygen atoms in total. The number of hydrogen-bond donors (Lipinski definition) is 3. The van der Waals surface area contributed by atoms with Crippen LogP contribution < -0.4 is 5.32 Å². The molecule has 1 aromatic carbocycles. The molecule has 31 heavy (non-hydrogen) atoms. The first-order valence-electron chi connectivity index (χ1n) is 11.4. The molecule has 2 heterocycles. The Labute approximate surface area is 184 Å². The van der Waals surface area contributed by atoms with Gasteiger partial charge in [-0.05, 0) is 56.2 Å². The van der Waals surface area contributed by atoms with Gasteiger partial charge >= 0.3 is 0 Å². The topological polar surface area (TPSA) is 85.7 Å². The van der Waals surface area contributed by atoms with Gasteiger partial charge < -0.3 is 15.5 Å². The van der Waals surface area contributed by atoms with Gasteiger partial charge in [-0.25, -0.2) is 0 Å². The maximum Gasteiger partial charge on any atom is 0.269 e. The lowest BCUT2D eigenvalue weighted by Gasteiger charge is -2.38. The van der Waals surface area contributed by atoms with E-state index in [1.807, 2.05) is 24.3 Å². The van der Waals surface area contributed by atoms with Crippen LogP contribution in [0.5, 0.6) is 0 Å². The molecule has 3 N–H and O–H groups in total. The Morgan fingerprint density at radius 1 is 1.00 bits per heavy atom. The minimum absolute atomic E-state index is 0.101. The number of benzene rings is 1. The summed E-state index contributed by atoms with van der Waals surface area (Å²) >= 11 is 0. The van der Waals surface area contributed by atoms with Gasteiger partial charge in [0.15, 0.2) is 0 Å². The second-order valence-corrected chi connectivity index (χ2v) is 9.02. The summed E-state index contributed by atoms with van der Waals surface area (Å²) in [6, 6.07) is 15.8. The van der Waals surface area contributed by atoms with Crippen molar-refractivity contribution in [3.05, 3.63) is 66.0 Å². The average molecular weight is 424 g/mol. The number of aliphatic hydroxyl groups excluding tert-OH is 2. The van der Waals surface area contributed by atoms with E-state index in [4.69, 9.17) is 0 Å². The minimum Gasteiger partial charge on any atom is -0.393 e. The SMILES string of the molecule is O=C(NC[C@@]1(c2ccccc2)CC[C@H](O)[C@@H](N2CCC(O)CC2)CC1)c1ccccn1. The third-order valence-corrected chi connectivity index (χ3v) is 7.12. The zero-order valence-corrected chi connectivity index (χ0v) is 18.0. The Morgan fingerprint density at radius 3 is 2.42 bits per heavy atom. The number of likely N-dealkylation sites (tertiary alicyclic amines) is 1. The predicted molar refractivity (Wildman–Crippen MR) is 120 cm³/mol. The number of nitrogens with zero attached hydrogens (tertiary/aromatic N) is 2. The van der Waals surface area contributed by atoms with E-state index in [2.05, 4.69) is 27.3 Å². The second kappa shape index (κ2) is 9.90. The van der Waals surface area contributed by atoms with Crippen LogP contribution in [0.15, 0.2) is 54.7 Å². The van der Waals surface area contributed by atoms with Crippen molar-refractivity contribution < 1.29 is 15.0 Å². The van der Waals surface area contributed by atoms with Crippen LogP contribution in [0, 0.1) is 0 Å². The molecular formula is C25H33N3O3. The molecule has 2 fully saturated rings. The molecule has 166 valence electrons. The number of amides is 1. The summed E-state index contributed by atoms with van der Waals surface area (Å²) in [5, 5.41) is 24.0. The number of aliphatic hydroxyl groups is 2. The first-order chi connectivity index (χ1) is 15.1. The van der Waals surface area contributed by atoms with E-state index in [0.29, 0.717) is 18.7 Å². The molecule has 1 saturated heterocycles. The molecule has 4 rings (SSSR count). The molecule has 6 heteroatoms. The second-order valence-electron chi connectivity index (χ2n) is 9.02. The predicted octanol–water partition coefficient (Wildman–Crippen LogP) is 2.51. The Kier molecular flexibility index (Phi) is 7.00. The number of hydrogen-bond acceptors (Lipinski definition) is 5. The monoisotopic (exact) mass is 423 g/mol. The number of piperidine rings is 1. The van der Waals surface area contributed by atoms with Gasteiger partial charge in [-0.15, -0.1) is 0 Å². The van der Waals surface area contributed by atoms with E-state index >= 15 is 0 Å². The van der Waals surface area contributed by atoms with Crippen LogP contribution in [0.25, 0.3) is 0 Å². The van der Waals surface area contributed by atoms with Gasteiger partial charge in [0.2, 0.25) is 0 Å². The van der Waals surface area contributed by atoms with Crippen LogP contribution in [-0.4, -0.2) is 63.9 Å². The van der Waals surface area contributed by atoms with E-state index in [0.717, 1.165) is 45.2 Å². The summed E-state index contributed by atoms with van der Waals surface area (Å²) in [7, 11) is 0. The fourth-order valence-corrected chi connectivity index (χ4v) is 5.20. The third kappa shape index (κ3) is 5.14. The zero-order chi connectivity index (χ0) is 21.7. The van der Waals surface area contributed by atoms with Gasteiger partial charge in [-0.2, -0.15) is 0 Å². The minimum atomic E-state index is -0.396. The number of rotatable bonds is 5. The molecule has 0 bridgehead atoms. The van der Waals surface area contributed by atoms with Crippen molar-refractivity contribution in [1.82, 2.24) is 15.2 Å². The van der Waals surface area contributed by atoms with E-state index in [1.54, 1.807) is 18.3 Å². The molecule has 1 aromatic heterocycles. The van der Waals surface area contributed by atoms with Crippen molar-refractivity contribution in [2.24, 2.45) is 0 Å². The van der Waals surface area contributed by atoms with Crippen molar-refractivity contribution >= 4 is 5.91 Å². The van der Waals surface area contributed by atoms with Crippen molar-refractivity contribution in [2.75, 3.05) is 19.6 Å². The Morgan fingerprint density at radius 2 is 1.71 bits per heavy atom. The van der Waals surface area contributed by atoms with Gasteiger partial charge in [0.25, 0.3) is 5.91 Å². The molecule has 1 saturated carbocycles. The van der Waals surface area contributed by atoms with Crippen LogP contribution in [0.3, 0.4) is 0 Å². The highest BCUT2D eigenvalue weighted by Gasteiger charge is 2.40. The van der Waals surface area contributed by atoms with E-state index in [1.165, 1.54) is 5.56 Å². The summed E-state index contributed by atoms with van der Waals surface area (Å²) in [5.41, 5.74) is 1.40. The highest BCUT2D eigenvalue weighted by Crippen LogP contribution is 2.39. The molecule has 0 radical (unpaired) electrons. The van der Waals surface area contributed by atoms with Crippen molar-refractivity contribution in [1.29, 1.82) is 0 Å². The van der Waals surface area contributed by atoms with Gasteiger partial charge in [0.05, 0.1) is 12.2 Å². The highest BCUT2D eigenvalue weighted by molar-refractivity contribution is 5.92. The van der Waals surface area contributed by atoms with E-state index < -0.39 is 6.10 Å². The summed E-state index contributed by atoms with van der Waals surface area (Å²) in [4.78, 5) is 19.2. The summed E-state index contributed by atoms with van der Waals surface area (Å²) in [5.74, 6) is -0.165. The number of carbonyl (C=O) groups is 1. The third-order valence-electron chi connectivity index (χ3n) is 7.12. The Hall–Kier alpha value is -2.28. The maximum absolute atomic E-state index is 12.7. The van der Waals surface area contributed by atoms with Crippen molar-refractivity contribution in [3.63, 3.8) is 0 Å². The van der Waals surface area contributed by atoms with Crippen molar-refractivity contribution in [2.45, 2.75) is 62.2 Å². The van der Waals surface area contributed by atoms with Crippen LogP contribution in [-0.2, 0) is 5.41 Å². The smallest absolute Gasteiger partial charge is 0.269 e. The number of pyridine rings is 1. The Balaban J connectivity index is 1.52. The molecule has 1 aliphatic carbocycles. The zero-order valence-electron chi connectivity index (χ0n) is 18.0. The first-order valence-corrected chi connectivity index (χ1v) is 11.4. The number of aromatic nitrogens is 1. The number of carbonyl (C=O) groups excluding carboxylic acids is 1. The van der Waals surface area contributed by atoms with E-state index in [9.17, 15) is 15.0 Å². The lowest BCUT2D eigenvalue weighted by molar-refractivity contribution is 0.00482. The fraction of sp³-hybridized carbons (Fsp3) is 0.520. The molecule has 1 aliphatic heterocycles. The molecule has 2 aliphatic rings. The van der Waals surface area contributed by atoms with Crippen LogP contribution >= 0.6 is 0 Å². The molecule has 3 atom stereocenters. The molecule has 1 amide bonds. The van der Waals surface area contributed by atoms with Gasteiger partial charge in [0.1, 0.15) is 5.69 Å². The molecular weight excluding hydrogens is 390 g/mol. The summed E-state index contributed by atoms with van der Waals surface area (Å²) in [6.45, 7) is 2.18. The van der Waals surface area contributed by atoms with E-state index in [-0.39, 0.29) is 23.5 Å². The normalized spacial score (nSPS) is 28.1. The first kappa shape index (κ1) is 21.9. The van der Waals surface area contributed by atoms with Crippen LogP contribution in [0.4, 0.5) is 0 Å². The standard InChI is InChI=1S/C25H33N3O3/c29-20-11-16-28(17-12-20)22-9-13-25(14-10-23(22)30,19-6-2-1-3-7-19)18-27-24(31)21-8-4-5-15-26-21/h1-8,15,20,22-23,29-30H,9-14,16-18H2,(H,27,31)/t22-,23-,25-/m0/s1. The van der Waals surface area contributed by atoms with Crippen molar-refractivity contribution in [3.8, 4) is 0 Å². The molecule has 0 unspecified atom stereocenters. The fourth-order valence-electron chi connectivity index (χ4n) is 5.20. The lowest BCUT2D eigenvalue weighted by Crippen LogP contribution is -2.48. The Bertz CT molecular complexity index is 840. The molecule has 0 spiro atoms. The largest absolute Gasteiger partial charge is 0.393 e. The van der Waals surface area contributed by atoms with Gasteiger partial charge in [-0.1, -0.05) is 36.4 Å². The summed E-state index contributed by atoms with van der Waals surface area (Å²) in [6.07, 6.45) is 5.82. The average Bonchev–Trinajstić information content (AvgIpc) is 2.99. The highest BCUT2D eigenvalue weighted by atomic mass is 16.3. The number of nitrogens with one attached hydrogen (secondary N) is 1. The van der Waals surface area contributed by atoms with Gasteiger partial charge in [-0.3, -0.25) is 14.7 Å². The summed E-state index contributed by atoms with van der Waals surface area (Å²) < 4.78 is 0. The lowest BCUT2D eigenvalue weighted by atomic mass is 9.74. The van der Waals surface area contributed by atoms with Gasteiger partial charge in [0, 0.05) is 37.3 Å². The van der Waals surface area contributed by atoms with Crippen LogP contribution in [0.1, 0.15) is 54.6 Å². The maximum atomic E-state index is 12.7. The molecule has 2 aromatic rings. The van der Waals surface area contributed by atoms with Crippen LogP contribution in [0.2, 0.25) is 0 Å².